The average Bonchev–Trinajstić information content (AvgIpc) is 3.15. The van der Waals surface area contributed by atoms with Crippen LogP contribution in [-0.4, -0.2) is 52.8 Å². The fourth-order valence-electron chi connectivity index (χ4n) is 4.60. The van der Waals surface area contributed by atoms with Crippen molar-refractivity contribution in [1.29, 1.82) is 0 Å². The lowest BCUT2D eigenvalue weighted by atomic mass is 10.0. The summed E-state index contributed by atoms with van der Waals surface area (Å²) in [5.74, 6) is -0.261. The van der Waals surface area contributed by atoms with E-state index >= 15 is 0 Å². The Hall–Kier alpha value is -3.46. The summed E-state index contributed by atoms with van der Waals surface area (Å²) in [5.41, 5.74) is 3.26. The van der Waals surface area contributed by atoms with E-state index < -0.39 is 11.9 Å². The SMILES string of the molecule is O=C1CCC(N2Cc3ccc(CNc4cccnc4OC4CCNCC4)cc3C2=O)C(=O)N1. The van der Waals surface area contributed by atoms with Crippen LogP contribution >= 0.6 is 0 Å². The number of piperidine rings is 2. The van der Waals surface area contributed by atoms with E-state index in [0.29, 0.717) is 31.0 Å². The third kappa shape index (κ3) is 4.54. The van der Waals surface area contributed by atoms with Gasteiger partial charge in [-0.1, -0.05) is 12.1 Å². The number of anilines is 1. The zero-order valence-electron chi connectivity index (χ0n) is 18.3. The van der Waals surface area contributed by atoms with Crippen LogP contribution < -0.4 is 20.7 Å². The van der Waals surface area contributed by atoms with Crippen LogP contribution in [0.25, 0.3) is 0 Å². The molecule has 0 spiro atoms. The molecule has 0 radical (unpaired) electrons. The highest BCUT2D eigenvalue weighted by molar-refractivity contribution is 6.05. The zero-order chi connectivity index (χ0) is 22.8. The lowest BCUT2D eigenvalue weighted by Crippen LogP contribution is -2.52. The van der Waals surface area contributed by atoms with Gasteiger partial charge in [-0.05, 0) is 61.7 Å². The summed E-state index contributed by atoms with van der Waals surface area (Å²) < 4.78 is 6.13. The van der Waals surface area contributed by atoms with Crippen molar-refractivity contribution in [2.45, 2.75) is 50.9 Å². The number of aromatic nitrogens is 1. The van der Waals surface area contributed by atoms with Crippen molar-refractivity contribution in [2.24, 2.45) is 0 Å². The maximum absolute atomic E-state index is 13.0. The van der Waals surface area contributed by atoms with Crippen molar-refractivity contribution in [3.8, 4) is 5.88 Å². The molecule has 5 rings (SSSR count). The van der Waals surface area contributed by atoms with E-state index in [1.807, 2.05) is 30.3 Å². The number of nitrogens with zero attached hydrogens (tertiary/aromatic N) is 2. The summed E-state index contributed by atoms with van der Waals surface area (Å²) in [6.07, 6.45) is 4.38. The molecule has 9 nitrogen and oxygen atoms in total. The minimum atomic E-state index is -0.603. The van der Waals surface area contributed by atoms with Gasteiger partial charge in [0.1, 0.15) is 12.1 Å². The van der Waals surface area contributed by atoms with Crippen molar-refractivity contribution >= 4 is 23.4 Å². The van der Waals surface area contributed by atoms with E-state index in [4.69, 9.17) is 4.74 Å². The number of carbonyl (C=O) groups excluding carboxylic acids is 3. The van der Waals surface area contributed by atoms with Crippen LogP contribution in [0.3, 0.4) is 0 Å². The monoisotopic (exact) mass is 449 g/mol. The van der Waals surface area contributed by atoms with Crippen LogP contribution in [0.1, 0.15) is 47.2 Å². The molecule has 1 atom stereocenters. The number of hydrogen-bond acceptors (Lipinski definition) is 7. The van der Waals surface area contributed by atoms with Gasteiger partial charge in [-0.3, -0.25) is 19.7 Å². The molecule has 1 unspecified atom stereocenters. The van der Waals surface area contributed by atoms with E-state index in [9.17, 15) is 14.4 Å². The highest BCUT2D eigenvalue weighted by atomic mass is 16.5. The van der Waals surface area contributed by atoms with Gasteiger partial charge >= 0.3 is 0 Å². The fourth-order valence-corrected chi connectivity index (χ4v) is 4.60. The smallest absolute Gasteiger partial charge is 0.255 e. The molecule has 33 heavy (non-hydrogen) atoms. The summed E-state index contributed by atoms with van der Waals surface area (Å²) in [6.45, 7) is 2.77. The van der Waals surface area contributed by atoms with E-state index in [-0.39, 0.29) is 24.3 Å². The number of imide groups is 1. The Morgan fingerprint density at radius 3 is 2.79 bits per heavy atom. The number of hydrogen-bond donors (Lipinski definition) is 3. The van der Waals surface area contributed by atoms with Crippen LogP contribution in [0.15, 0.2) is 36.5 Å². The number of nitrogens with one attached hydrogen (secondary N) is 3. The molecule has 0 aliphatic carbocycles. The van der Waals surface area contributed by atoms with Crippen LogP contribution in [0.2, 0.25) is 0 Å². The fraction of sp³-hybridized carbons (Fsp3) is 0.417. The number of amides is 3. The van der Waals surface area contributed by atoms with Gasteiger partial charge in [0.25, 0.3) is 5.91 Å². The number of rotatable bonds is 6. The van der Waals surface area contributed by atoms with Crippen molar-refractivity contribution in [3.63, 3.8) is 0 Å². The standard InChI is InChI=1S/C24H27N5O4/c30-21-6-5-20(22(31)28-21)29-14-16-4-3-15(12-18(16)24(29)32)13-27-19-2-1-9-26-23(19)33-17-7-10-25-11-8-17/h1-4,9,12,17,20,25,27H,5-8,10-11,13-14H2,(H,28,30,31). The number of carbonyl (C=O) groups is 3. The number of pyridine rings is 1. The Balaban J connectivity index is 1.26. The van der Waals surface area contributed by atoms with Crippen molar-refractivity contribution in [3.05, 3.63) is 53.2 Å². The average molecular weight is 450 g/mol. The normalized spacial score (nSPS) is 21.0. The molecule has 3 aliphatic heterocycles. The second kappa shape index (κ2) is 9.19. The quantitative estimate of drug-likeness (QED) is 0.574. The van der Waals surface area contributed by atoms with Gasteiger partial charge in [-0.15, -0.1) is 0 Å². The lowest BCUT2D eigenvalue weighted by Gasteiger charge is -2.29. The molecule has 4 heterocycles. The summed E-state index contributed by atoms with van der Waals surface area (Å²) in [6, 6.07) is 8.99. The lowest BCUT2D eigenvalue weighted by molar-refractivity contribution is -0.136. The van der Waals surface area contributed by atoms with Gasteiger partial charge in [0.05, 0.1) is 5.69 Å². The van der Waals surface area contributed by atoms with E-state index in [0.717, 1.165) is 42.7 Å². The summed E-state index contributed by atoms with van der Waals surface area (Å²) in [7, 11) is 0. The number of benzene rings is 1. The Morgan fingerprint density at radius 2 is 1.97 bits per heavy atom. The molecule has 9 heteroatoms. The Labute approximate surface area is 191 Å². The van der Waals surface area contributed by atoms with Gasteiger partial charge in [-0.25, -0.2) is 4.98 Å². The first-order valence-corrected chi connectivity index (χ1v) is 11.4. The second-order valence-corrected chi connectivity index (χ2v) is 8.67. The Kier molecular flexibility index (Phi) is 5.95. The number of fused-ring (bicyclic) bond motifs is 1. The summed E-state index contributed by atoms with van der Waals surface area (Å²) >= 11 is 0. The third-order valence-electron chi connectivity index (χ3n) is 6.41. The van der Waals surface area contributed by atoms with Gasteiger partial charge in [-0.2, -0.15) is 0 Å². The molecule has 3 N–H and O–H groups in total. The van der Waals surface area contributed by atoms with Gasteiger partial charge in [0.2, 0.25) is 17.7 Å². The first-order chi connectivity index (χ1) is 16.1. The summed E-state index contributed by atoms with van der Waals surface area (Å²) in [5, 5.41) is 9.05. The second-order valence-electron chi connectivity index (χ2n) is 8.67. The van der Waals surface area contributed by atoms with Gasteiger partial charge in [0, 0.05) is 31.3 Å². The van der Waals surface area contributed by atoms with E-state index in [1.165, 1.54) is 0 Å². The molecular weight excluding hydrogens is 422 g/mol. The molecule has 1 aromatic carbocycles. The predicted octanol–water partition coefficient (Wildman–Crippen LogP) is 1.59. The molecule has 0 saturated carbocycles. The van der Waals surface area contributed by atoms with Crippen LogP contribution in [-0.2, 0) is 22.7 Å². The minimum absolute atomic E-state index is 0.151. The Morgan fingerprint density at radius 1 is 1.12 bits per heavy atom. The van der Waals surface area contributed by atoms with E-state index in [2.05, 4.69) is 20.9 Å². The summed E-state index contributed by atoms with van der Waals surface area (Å²) in [4.78, 5) is 42.7. The van der Waals surface area contributed by atoms with Crippen LogP contribution in [0, 0.1) is 0 Å². The van der Waals surface area contributed by atoms with Gasteiger partial charge in [0.15, 0.2) is 0 Å². The highest BCUT2D eigenvalue weighted by Crippen LogP contribution is 2.29. The topological polar surface area (TPSA) is 113 Å². The molecule has 0 bridgehead atoms. The zero-order valence-corrected chi connectivity index (χ0v) is 18.3. The molecule has 3 aliphatic rings. The molecule has 2 fully saturated rings. The maximum Gasteiger partial charge on any atom is 0.255 e. The highest BCUT2D eigenvalue weighted by Gasteiger charge is 2.39. The molecule has 172 valence electrons. The van der Waals surface area contributed by atoms with Crippen molar-refractivity contribution in [1.82, 2.24) is 20.5 Å². The van der Waals surface area contributed by atoms with Crippen LogP contribution in [0.4, 0.5) is 5.69 Å². The van der Waals surface area contributed by atoms with Crippen molar-refractivity contribution in [2.75, 3.05) is 18.4 Å². The van der Waals surface area contributed by atoms with Crippen LogP contribution in [0.5, 0.6) is 5.88 Å². The molecule has 3 amide bonds. The van der Waals surface area contributed by atoms with Gasteiger partial charge < -0.3 is 20.3 Å². The van der Waals surface area contributed by atoms with Crippen molar-refractivity contribution < 1.29 is 19.1 Å². The third-order valence-corrected chi connectivity index (χ3v) is 6.41. The number of ether oxygens (including phenoxy) is 1. The maximum atomic E-state index is 13.0. The first kappa shape index (κ1) is 21.4. The Bertz CT molecular complexity index is 1080. The predicted molar refractivity (Wildman–Crippen MR) is 121 cm³/mol. The van der Waals surface area contributed by atoms with E-state index in [1.54, 1.807) is 11.1 Å². The first-order valence-electron chi connectivity index (χ1n) is 11.4. The minimum Gasteiger partial charge on any atom is -0.473 e. The molecule has 1 aromatic heterocycles. The molecular formula is C24H27N5O4. The molecule has 2 aromatic rings. The molecule has 2 saturated heterocycles. The largest absolute Gasteiger partial charge is 0.473 e.